The first-order chi connectivity index (χ1) is 15.1. The summed E-state index contributed by atoms with van der Waals surface area (Å²) in [6.07, 6.45) is 4.85. The molecule has 0 atom stereocenters. The molecule has 4 aromatic heterocycles. The number of thiophene rings is 4. The zero-order chi connectivity index (χ0) is 22.9. The number of hydrogen-bond donors (Lipinski definition) is 0. The van der Waals surface area contributed by atoms with Gasteiger partial charge >= 0.3 is 220 Å². The van der Waals surface area contributed by atoms with Gasteiger partial charge in [-0.3, -0.25) is 0 Å². The van der Waals surface area contributed by atoms with E-state index in [-0.39, 0.29) is 0 Å². The van der Waals surface area contributed by atoms with Crippen molar-refractivity contribution in [1.29, 1.82) is 0 Å². The molecule has 0 aliphatic carbocycles. The molecule has 0 unspecified atom stereocenters. The summed E-state index contributed by atoms with van der Waals surface area (Å²) in [7, 11) is 0. The Balaban J connectivity index is 1.90. The van der Waals surface area contributed by atoms with E-state index in [0.717, 1.165) is 0 Å². The summed E-state index contributed by atoms with van der Waals surface area (Å²) in [5.74, 6) is 0. The van der Waals surface area contributed by atoms with E-state index in [1.165, 1.54) is 30.7 Å². The van der Waals surface area contributed by atoms with Gasteiger partial charge in [0, 0.05) is 0 Å². The maximum atomic E-state index is 2.51. The van der Waals surface area contributed by atoms with Gasteiger partial charge in [0.2, 0.25) is 0 Å². The van der Waals surface area contributed by atoms with Crippen LogP contribution in [0.1, 0.15) is 19.5 Å². The Morgan fingerprint density at radius 2 is 1.19 bits per heavy atom. The third-order valence-corrected chi connectivity index (χ3v) is 28.0. The third kappa shape index (κ3) is 6.11. The molecule has 4 rings (SSSR count). The second-order valence-corrected chi connectivity index (χ2v) is 44.9. The monoisotopic (exact) mass is 710 g/mol. The Morgan fingerprint density at radius 1 is 0.594 bits per heavy atom. The van der Waals surface area contributed by atoms with Crippen LogP contribution in [0.2, 0.25) is 29.6 Å². The molecule has 166 valence electrons. The van der Waals surface area contributed by atoms with Crippen molar-refractivity contribution in [3.05, 3.63) is 78.8 Å². The Kier molecular flexibility index (Phi) is 8.00. The van der Waals surface area contributed by atoms with E-state index >= 15 is 0 Å². The molecular weight excluding hydrogens is 678 g/mol. The van der Waals surface area contributed by atoms with Gasteiger partial charge in [0.25, 0.3) is 0 Å². The molecule has 0 aliphatic rings. The first kappa shape index (κ1) is 25.0. The average Bonchev–Trinajstić information content (AvgIpc) is 3.51. The van der Waals surface area contributed by atoms with E-state index in [1.807, 2.05) is 45.3 Å². The van der Waals surface area contributed by atoms with Crippen LogP contribution in [-0.2, 0) is 0 Å². The Morgan fingerprint density at radius 3 is 1.75 bits per heavy atom. The van der Waals surface area contributed by atoms with Crippen molar-refractivity contribution in [3.8, 4) is 0 Å². The van der Waals surface area contributed by atoms with Crippen LogP contribution in [0.4, 0.5) is 0 Å². The van der Waals surface area contributed by atoms with Gasteiger partial charge in [-0.15, -0.1) is 0 Å². The molecule has 32 heavy (non-hydrogen) atoms. The number of rotatable bonds is 7. The van der Waals surface area contributed by atoms with E-state index in [4.69, 9.17) is 0 Å². The van der Waals surface area contributed by atoms with Crippen molar-refractivity contribution in [3.63, 3.8) is 0 Å². The molecule has 0 aromatic carbocycles. The summed E-state index contributed by atoms with van der Waals surface area (Å²) in [4.78, 5) is 20.5. The van der Waals surface area contributed by atoms with E-state index in [9.17, 15) is 0 Å². The fourth-order valence-corrected chi connectivity index (χ4v) is 17.4. The van der Waals surface area contributed by atoms with Crippen molar-refractivity contribution < 1.29 is 0 Å². The molecule has 0 saturated heterocycles. The second-order valence-electron chi connectivity index (χ2n) is 9.97. The van der Waals surface area contributed by atoms with E-state index in [0.29, 0.717) is 0 Å². The summed E-state index contributed by atoms with van der Waals surface area (Å²) in [5, 5.41) is 4.36. The zero-order valence-corrected chi connectivity index (χ0v) is 28.5. The molecule has 0 amide bonds. The normalized spacial score (nSPS) is 13.7. The van der Waals surface area contributed by atoms with Gasteiger partial charge in [0.15, 0.2) is 0 Å². The van der Waals surface area contributed by atoms with Crippen LogP contribution in [0.3, 0.4) is 0 Å². The van der Waals surface area contributed by atoms with Gasteiger partial charge in [-0.1, -0.05) is 0 Å². The summed E-state index contributed by atoms with van der Waals surface area (Å²) in [5.41, 5.74) is 2.71. The molecule has 0 bridgehead atoms. The molecule has 0 radical (unpaired) electrons. The van der Waals surface area contributed by atoms with Gasteiger partial charge in [-0.05, 0) is 0 Å². The molecule has 4 heterocycles. The maximum absolute atomic E-state index is 2.51. The van der Waals surface area contributed by atoms with Gasteiger partial charge in [-0.2, -0.15) is 0 Å². The minimum atomic E-state index is -2.12. The minimum absolute atomic E-state index is 1.31. The molecule has 6 heteroatoms. The molecule has 0 nitrogen and oxygen atoms in total. The van der Waals surface area contributed by atoms with Crippen molar-refractivity contribution in [1.82, 2.24) is 0 Å². The fourth-order valence-electron chi connectivity index (χ4n) is 3.37. The van der Waals surface area contributed by atoms with E-state index in [2.05, 4.69) is 101 Å². The zero-order valence-electron chi connectivity index (χ0n) is 19.6. The Labute approximate surface area is 217 Å². The molecular formula is C26H30S4Sn2. The van der Waals surface area contributed by atoms with Crippen LogP contribution in [0.5, 0.6) is 0 Å². The first-order valence-corrected chi connectivity index (χ1v) is 34.2. The standard InChI is InChI=1S/C20H12S4.6CH3.2Sn/c1-5-15(21-9-1)13-17(19-7-3-11-23-19)18(20-8-4-12-24-20)14-16-6-2-10-22-16;;;;;;;;/h1-9,11,13-14H;6*1H3;;/b17-13+,18-14?;;;;;;;;. The van der Waals surface area contributed by atoms with Crippen LogP contribution in [-0.4, -0.2) is 36.8 Å². The number of allylic oxidation sites excluding steroid dienone is 2. The third-order valence-electron chi connectivity index (χ3n) is 5.17. The van der Waals surface area contributed by atoms with Crippen molar-refractivity contribution in [2.75, 3.05) is 0 Å². The Hall–Kier alpha value is -0.123. The van der Waals surface area contributed by atoms with Crippen molar-refractivity contribution in [2.24, 2.45) is 0 Å². The predicted molar refractivity (Wildman–Crippen MR) is 159 cm³/mol. The van der Waals surface area contributed by atoms with Crippen molar-refractivity contribution >= 4 is 111 Å². The summed E-state index contributed by atoms with van der Waals surface area (Å²) in [6, 6.07) is 18.3. The molecule has 0 N–H and O–H groups in total. The van der Waals surface area contributed by atoms with Crippen LogP contribution >= 0.6 is 45.3 Å². The molecule has 0 aliphatic heterocycles. The van der Waals surface area contributed by atoms with Gasteiger partial charge in [0.05, 0.1) is 0 Å². The average molecular weight is 708 g/mol. The summed E-state index contributed by atoms with van der Waals surface area (Å²) < 4.78 is 3.28. The summed E-state index contributed by atoms with van der Waals surface area (Å²) >= 11 is 3.50. The molecule has 4 aromatic rings. The van der Waals surface area contributed by atoms with E-state index in [1.54, 1.807) is 5.79 Å². The van der Waals surface area contributed by atoms with Gasteiger partial charge in [0.1, 0.15) is 0 Å². The molecule has 0 fully saturated rings. The van der Waals surface area contributed by atoms with Crippen LogP contribution in [0.15, 0.2) is 59.3 Å². The van der Waals surface area contributed by atoms with Crippen LogP contribution < -0.4 is 5.79 Å². The quantitative estimate of drug-likeness (QED) is 0.133. The van der Waals surface area contributed by atoms with Gasteiger partial charge in [-0.25, -0.2) is 0 Å². The molecule has 0 spiro atoms. The molecule has 0 saturated carbocycles. The van der Waals surface area contributed by atoms with Crippen LogP contribution in [0.25, 0.3) is 23.3 Å². The second kappa shape index (κ2) is 10.2. The fraction of sp³-hybridized carbons (Fsp3) is 0.231. The predicted octanol–water partition coefficient (Wildman–Crippen LogP) is 8.80. The summed E-state index contributed by atoms with van der Waals surface area (Å²) in [6.45, 7) is 0. The van der Waals surface area contributed by atoms with E-state index < -0.39 is 36.8 Å². The first-order valence-electron chi connectivity index (χ1n) is 10.8. The van der Waals surface area contributed by atoms with Gasteiger partial charge < -0.3 is 0 Å². The number of hydrogen-bond acceptors (Lipinski definition) is 4. The van der Waals surface area contributed by atoms with Crippen LogP contribution in [0, 0.1) is 0 Å². The topological polar surface area (TPSA) is 0 Å². The van der Waals surface area contributed by atoms with Crippen molar-refractivity contribution in [2.45, 2.75) is 29.6 Å². The SMILES string of the molecule is [CH3][Sn]([CH3])([CH3])[c]1ccc(C=C(/C(=C\c2cccs2)c2cccs2)c2cc[c]([Sn]([CH3])([CH3])[CH3])s2)s1. The Bertz CT molecular complexity index is 1220.